The van der Waals surface area contributed by atoms with Gasteiger partial charge in [0.25, 0.3) is 0 Å². The second-order valence-electron chi connectivity index (χ2n) is 7.55. The van der Waals surface area contributed by atoms with Gasteiger partial charge in [0.05, 0.1) is 5.41 Å². The minimum absolute atomic E-state index is 0.499. The van der Waals surface area contributed by atoms with E-state index in [0.717, 1.165) is 38.5 Å². The van der Waals surface area contributed by atoms with Crippen LogP contribution in [0.1, 0.15) is 38.5 Å². The Kier molecular flexibility index (Phi) is 4.55. The Balaban J connectivity index is 1.50. The van der Waals surface area contributed by atoms with E-state index in [1.54, 1.807) is 0 Å². The molecular formula is C15H20F2O7S. The van der Waals surface area contributed by atoms with Crippen LogP contribution in [0, 0.1) is 23.2 Å². The minimum atomic E-state index is -5.68. The van der Waals surface area contributed by atoms with Crippen LogP contribution in [0.5, 0.6) is 0 Å². The van der Waals surface area contributed by atoms with Crippen LogP contribution in [0.2, 0.25) is 0 Å². The summed E-state index contributed by atoms with van der Waals surface area (Å²) in [5.41, 5.74) is -0.590. The third-order valence-corrected chi connectivity index (χ3v) is 6.44. The van der Waals surface area contributed by atoms with Crippen molar-refractivity contribution in [1.82, 2.24) is 0 Å². The standard InChI is InChI=1S/C15H20F2O7S/c16-15(17,25(20,21)22)8-24-12(18)7-23-13(19)14-4-9-1-10(5-14)3-11(2-9)6-14/h9-11H,1-8H2,(H,20,21,22). The van der Waals surface area contributed by atoms with Gasteiger partial charge >= 0.3 is 27.3 Å². The van der Waals surface area contributed by atoms with Crippen LogP contribution < -0.4 is 0 Å². The smallest absolute Gasteiger partial charge is 0.402 e. The summed E-state index contributed by atoms with van der Waals surface area (Å²) in [4.78, 5) is 23.9. The fourth-order valence-corrected chi connectivity index (χ4v) is 5.13. The maximum atomic E-state index is 13.0. The molecule has 0 aromatic rings. The molecule has 0 atom stereocenters. The Bertz CT molecular complexity index is 638. The van der Waals surface area contributed by atoms with Gasteiger partial charge in [0.15, 0.2) is 13.2 Å². The Morgan fingerprint density at radius 1 is 1.04 bits per heavy atom. The summed E-state index contributed by atoms with van der Waals surface area (Å²) >= 11 is 0. The third kappa shape index (κ3) is 3.64. The van der Waals surface area contributed by atoms with E-state index in [9.17, 15) is 26.8 Å². The number of alkyl halides is 2. The first-order chi connectivity index (χ1) is 11.5. The van der Waals surface area contributed by atoms with Crippen LogP contribution in [-0.2, 0) is 29.2 Å². The molecule has 0 aromatic heterocycles. The molecule has 4 rings (SSSR count). The van der Waals surface area contributed by atoms with Crippen LogP contribution in [0.3, 0.4) is 0 Å². The first-order valence-electron chi connectivity index (χ1n) is 8.18. The second kappa shape index (κ2) is 6.15. The highest BCUT2D eigenvalue weighted by atomic mass is 32.2. The summed E-state index contributed by atoms with van der Waals surface area (Å²) in [5, 5.41) is -4.60. The molecule has 0 amide bonds. The van der Waals surface area contributed by atoms with E-state index in [1.165, 1.54) is 0 Å². The number of hydrogen-bond donors (Lipinski definition) is 1. The highest BCUT2D eigenvalue weighted by Crippen LogP contribution is 2.60. The zero-order chi connectivity index (χ0) is 18.5. The third-order valence-electron chi connectivity index (χ3n) is 5.57. The molecule has 0 unspecified atom stereocenters. The van der Waals surface area contributed by atoms with Crippen molar-refractivity contribution in [2.24, 2.45) is 23.2 Å². The van der Waals surface area contributed by atoms with Crippen molar-refractivity contribution < 1.29 is 40.8 Å². The van der Waals surface area contributed by atoms with Crippen molar-refractivity contribution in [2.75, 3.05) is 13.2 Å². The number of ether oxygens (including phenoxy) is 2. The second-order valence-corrected chi connectivity index (χ2v) is 9.09. The minimum Gasteiger partial charge on any atom is -0.455 e. The Morgan fingerprint density at radius 3 is 1.96 bits per heavy atom. The van der Waals surface area contributed by atoms with E-state index < -0.39 is 45.9 Å². The zero-order valence-electron chi connectivity index (χ0n) is 13.4. The molecule has 25 heavy (non-hydrogen) atoms. The van der Waals surface area contributed by atoms with Gasteiger partial charge in [0.2, 0.25) is 0 Å². The maximum absolute atomic E-state index is 13.0. The van der Waals surface area contributed by atoms with E-state index in [1.807, 2.05) is 0 Å². The predicted molar refractivity (Wildman–Crippen MR) is 79.0 cm³/mol. The number of carbonyl (C=O) groups is 2. The van der Waals surface area contributed by atoms with Gasteiger partial charge in [-0.2, -0.15) is 17.2 Å². The van der Waals surface area contributed by atoms with Crippen LogP contribution in [0.25, 0.3) is 0 Å². The molecule has 1 N–H and O–H groups in total. The molecule has 0 radical (unpaired) electrons. The van der Waals surface area contributed by atoms with Gasteiger partial charge in [-0.15, -0.1) is 0 Å². The predicted octanol–water partition coefficient (Wildman–Crippen LogP) is 1.77. The Hall–Kier alpha value is -1.29. The molecule has 7 nitrogen and oxygen atoms in total. The summed E-state index contributed by atoms with van der Waals surface area (Å²) < 4.78 is 64.2. The molecule has 4 bridgehead atoms. The van der Waals surface area contributed by atoms with Crippen molar-refractivity contribution in [3.05, 3.63) is 0 Å². The van der Waals surface area contributed by atoms with Gasteiger partial charge in [0, 0.05) is 0 Å². The van der Waals surface area contributed by atoms with Crippen LogP contribution >= 0.6 is 0 Å². The number of halogens is 2. The van der Waals surface area contributed by atoms with Crippen molar-refractivity contribution in [2.45, 2.75) is 43.8 Å². The molecule has 4 saturated carbocycles. The van der Waals surface area contributed by atoms with Crippen molar-refractivity contribution in [3.8, 4) is 0 Å². The summed E-state index contributed by atoms with van der Waals surface area (Å²) in [6, 6.07) is 0. The molecule has 142 valence electrons. The molecular weight excluding hydrogens is 362 g/mol. The lowest BCUT2D eigenvalue weighted by atomic mass is 9.49. The summed E-state index contributed by atoms with van der Waals surface area (Å²) in [6.45, 7) is -2.69. The SMILES string of the molecule is O=C(COC(=O)C12CC3CC(CC(C3)C1)C2)OCC(F)(F)S(=O)(=O)O. The van der Waals surface area contributed by atoms with Gasteiger partial charge in [-0.05, 0) is 56.3 Å². The maximum Gasteiger partial charge on any atom is 0.402 e. The number of carbonyl (C=O) groups excluding carboxylic acids is 2. The summed E-state index contributed by atoms with van der Waals surface area (Å²) in [7, 11) is -5.68. The Labute approximate surface area is 143 Å². The lowest BCUT2D eigenvalue weighted by Crippen LogP contribution is -2.50. The fourth-order valence-electron chi connectivity index (χ4n) is 4.92. The average Bonchev–Trinajstić information content (AvgIpc) is 2.48. The van der Waals surface area contributed by atoms with Gasteiger partial charge in [-0.1, -0.05) is 0 Å². The van der Waals surface area contributed by atoms with E-state index in [4.69, 9.17) is 9.29 Å². The van der Waals surface area contributed by atoms with E-state index in [-0.39, 0.29) is 0 Å². The fraction of sp³-hybridized carbons (Fsp3) is 0.867. The zero-order valence-corrected chi connectivity index (χ0v) is 14.3. The van der Waals surface area contributed by atoms with Crippen LogP contribution in [-0.4, -0.2) is 43.4 Å². The normalized spacial score (nSPS) is 34.0. The molecule has 4 fully saturated rings. The quantitative estimate of drug-likeness (QED) is 0.551. The van der Waals surface area contributed by atoms with Gasteiger partial charge in [-0.25, -0.2) is 4.79 Å². The number of rotatable bonds is 6. The van der Waals surface area contributed by atoms with Crippen LogP contribution in [0.15, 0.2) is 0 Å². The molecule has 0 spiro atoms. The van der Waals surface area contributed by atoms with Crippen molar-refractivity contribution in [1.29, 1.82) is 0 Å². The van der Waals surface area contributed by atoms with E-state index in [2.05, 4.69) is 4.74 Å². The molecule has 10 heteroatoms. The lowest BCUT2D eigenvalue weighted by Gasteiger charge is -2.55. The number of hydrogen-bond acceptors (Lipinski definition) is 6. The first-order valence-corrected chi connectivity index (χ1v) is 9.62. The Morgan fingerprint density at radius 2 is 1.52 bits per heavy atom. The molecule has 0 aromatic carbocycles. The van der Waals surface area contributed by atoms with Crippen molar-refractivity contribution >= 4 is 22.1 Å². The molecule has 0 aliphatic heterocycles. The number of esters is 2. The van der Waals surface area contributed by atoms with E-state index in [0.29, 0.717) is 17.8 Å². The van der Waals surface area contributed by atoms with Gasteiger partial charge in [0.1, 0.15) is 0 Å². The average molecular weight is 382 g/mol. The summed E-state index contributed by atoms with van der Waals surface area (Å²) in [6.07, 6.45) is 5.56. The highest BCUT2D eigenvalue weighted by Gasteiger charge is 2.55. The topological polar surface area (TPSA) is 107 Å². The van der Waals surface area contributed by atoms with Crippen molar-refractivity contribution in [3.63, 3.8) is 0 Å². The molecule has 0 heterocycles. The van der Waals surface area contributed by atoms with Gasteiger partial charge < -0.3 is 9.47 Å². The van der Waals surface area contributed by atoms with Gasteiger partial charge in [-0.3, -0.25) is 9.35 Å². The highest BCUT2D eigenvalue weighted by molar-refractivity contribution is 7.86. The lowest BCUT2D eigenvalue weighted by molar-refractivity contribution is -0.178. The van der Waals surface area contributed by atoms with Crippen LogP contribution in [0.4, 0.5) is 8.78 Å². The van der Waals surface area contributed by atoms with E-state index >= 15 is 0 Å². The monoisotopic (exact) mass is 382 g/mol. The summed E-state index contributed by atoms with van der Waals surface area (Å²) in [5.74, 6) is -0.302. The largest absolute Gasteiger partial charge is 0.455 e. The molecule has 4 aliphatic carbocycles. The first kappa shape index (κ1) is 18.5. The molecule has 4 aliphatic rings. The molecule has 0 saturated heterocycles.